The largest absolute Gasteiger partial charge is 0.309 e. The molecule has 0 radical (unpaired) electrons. The van der Waals surface area contributed by atoms with Crippen LogP contribution in [-0.2, 0) is 0 Å². The van der Waals surface area contributed by atoms with Gasteiger partial charge in [0.1, 0.15) is 0 Å². The quantitative estimate of drug-likeness (QED) is 0.725. The van der Waals surface area contributed by atoms with Gasteiger partial charge in [0.2, 0.25) is 0 Å². The molecule has 0 aliphatic rings. The van der Waals surface area contributed by atoms with E-state index in [2.05, 4.69) is 47.1 Å². The molecule has 1 N–H and O–H groups in total. The van der Waals surface area contributed by atoms with Crippen molar-refractivity contribution in [3.63, 3.8) is 0 Å². The minimum Gasteiger partial charge on any atom is -0.309 e. The second-order valence-electron chi connectivity index (χ2n) is 4.46. The zero-order chi connectivity index (χ0) is 13.2. The number of thiophene rings is 1. The predicted molar refractivity (Wildman–Crippen MR) is 84.2 cm³/mol. The van der Waals surface area contributed by atoms with Crippen LogP contribution in [0.2, 0.25) is 5.02 Å². The summed E-state index contributed by atoms with van der Waals surface area (Å²) in [6.07, 6.45) is 0. The van der Waals surface area contributed by atoms with Crippen molar-refractivity contribution < 1.29 is 0 Å². The molecule has 3 aromatic rings. The average Bonchev–Trinajstić information content (AvgIpc) is 2.91. The lowest BCUT2D eigenvalue weighted by atomic mass is 9.98. The van der Waals surface area contributed by atoms with Gasteiger partial charge in [-0.2, -0.15) is 0 Å². The summed E-state index contributed by atoms with van der Waals surface area (Å²) < 4.78 is 1.34. The third-order valence-corrected chi connectivity index (χ3v) is 4.54. The van der Waals surface area contributed by atoms with Crippen LogP contribution in [0.25, 0.3) is 10.1 Å². The maximum atomic E-state index is 5.96. The molecule has 19 heavy (non-hydrogen) atoms. The Morgan fingerprint density at radius 1 is 1.05 bits per heavy atom. The summed E-state index contributed by atoms with van der Waals surface area (Å²) in [7, 11) is 1.99. The highest BCUT2D eigenvalue weighted by molar-refractivity contribution is 7.17. The van der Waals surface area contributed by atoms with Gasteiger partial charge in [0.25, 0.3) is 0 Å². The Morgan fingerprint density at radius 3 is 2.58 bits per heavy atom. The Kier molecular flexibility index (Phi) is 3.56. The average molecular weight is 288 g/mol. The molecular weight excluding hydrogens is 274 g/mol. The van der Waals surface area contributed by atoms with Gasteiger partial charge >= 0.3 is 0 Å². The first-order valence-corrected chi connectivity index (χ1v) is 7.44. The summed E-state index contributed by atoms with van der Waals surface area (Å²) in [5, 5.41) is 7.61. The lowest BCUT2D eigenvalue weighted by Crippen LogP contribution is -2.17. The Hall–Kier alpha value is -1.35. The smallest absolute Gasteiger partial charge is 0.0588 e. The van der Waals surface area contributed by atoms with Crippen molar-refractivity contribution >= 4 is 33.0 Å². The van der Waals surface area contributed by atoms with Crippen molar-refractivity contribution in [3.8, 4) is 0 Å². The van der Waals surface area contributed by atoms with Crippen LogP contribution in [0.15, 0.2) is 53.9 Å². The van der Waals surface area contributed by atoms with E-state index in [1.54, 1.807) is 11.3 Å². The minimum atomic E-state index is 0.194. The molecule has 0 saturated carbocycles. The Labute approximate surface area is 121 Å². The van der Waals surface area contributed by atoms with Crippen molar-refractivity contribution in [3.05, 3.63) is 70.1 Å². The molecule has 1 heterocycles. The number of fused-ring (bicyclic) bond motifs is 1. The Bertz CT molecular complexity index is 687. The molecule has 3 heteroatoms. The van der Waals surface area contributed by atoms with E-state index >= 15 is 0 Å². The van der Waals surface area contributed by atoms with E-state index in [9.17, 15) is 0 Å². The van der Waals surface area contributed by atoms with E-state index < -0.39 is 0 Å². The van der Waals surface area contributed by atoms with Crippen molar-refractivity contribution in [2.24, 2.45) is 0 Å². The summed E-state index contributed by atoms with van der Waals surface area (Å²) in [4.78, 5) is 0. The van der Waals surface area contributed by atoms with E-state index in [0.29, 0.717) is 0 Å². The summed E-state index contributed by atoms with van der Waals surface area (Å²) >= 11 is 7.75. The molecule has 1 unspecified atom stereocenters. The first-order valence-electron chi connectivity index (χ1n) is 6.18. The number of hydrogen-bond donors (Lipinski definition) is 1. The Balaban J connectivity index is 2.11. The van der Waals surface area contributed by atoms with Crippen LogP contribution < -0.4 is 5.32 Å². The lowest BCUT2D eigenvalue weighted by molar-refractivity contribution is 0.698. The molecule has 2 aromatic carbocycles. The van der Waals surface area contributed by atoms with Crippen molar-refractivity contribution in [2.45, 2.75) is 6.04 Å². The van der Waals surface area contributed by atoms with Crippen molar-refractivity contribution in [1.82, 2.24) is 5.32 Å². The van der Waals surface area contributed by atoms with Crippen LogP contribution in [0.1, 0.15) is 17.2 Å². The highest BCUT2D eigenvalue weighted by atomic mass is 35.5. The normalized spacial score (nSPS) is 12.7. The molecule has 0 saturated heterocycles. The van der Waals surface area contributed by atoms with E-state index in [1.807, 2.05) is 19.2 Å². The number of hydrogen-bond acceptors (Lipinski definition) is 2. The van der Waals surface area contributed by atoms with Gasteiger partial charge in [-0.15, -0.1) is 11.3 Å². The van der Waals surface area contributed by atoms with Gasteiger partial charge in [-0.05, 0) is 47.1 Å². The molecule has 0 amide bonds. The van der Waals surface area contributed by atoms with Crippen LogP contribution in [-0.4, -0.2) is 7.05 Å². The lowest BCUT2D eigenvalue weighted by Gasteiger charge is -2.18. The van der Waals surface area contributed by atoms with Gasteiger partial charge < -0.3 is 5.32 Å². The highest BCUT2D eigenvalue weighted by Crippen LogP contribution is 2.32. The SMILES string of the molecule is CNC(c1ccc(Cl)cc1)c1cccc2ccsc12. The Morgan fingerprint density at radius 2 is 1.84 bits per heavy atom. The van der Waals surface area contributed by atoms with Crippen LogP contribution in [0.4, 0.5) is 0 Å². The van der Waals surface area contributed by atoms with Crippen molar-refractivity contribution in [2.75, 3.05) is 7.05 Å². The number of halogens is 1. The van der Waals surface area contributed by atoms with Crippen LogP contribution in [0.5, 0.6) is 0 Å². The third kappa shape index (κ3) is 2.39. The van der Waals surface area contributed by atoms with Gasteiger partial charge in [0.05, 0.1) is 6.04 Å². The van der Waals surface area contributed by atoms with Gasteiger partial charge in [0.15, 0.2) is 0 Å². The standard InChI is InChI=1S/C16H14ClNS/c1-18-15(11-5-7-13(17)8-6-11)14-4-2-3-12-9-10-19-16(12)14/h2-10,15,18H,1H3. The van der Waals surface area contributed by atoms with Gasteiger partial charge in [0, 0.05) is 9.72 Å². The minimum absolute atomic E-state index is 0.194. The molecule has 0 aliphatic heterocycles. The summed E-state index contributed by atoms with van der Waals surface area (Å²) in [6.45, 7) is 0. The first-order chi connectivity index (χ1) is 9.29. The van der Waals surface area contributed by atoms with E-state index in [0.717, 1.165) is 5.02 Å². The number of rotatable bonds is 3. The number of nitrogens with one attached hydrogen (secondary N) is 1. The molecule has 0 bridgehead atoms. The molecular formula is C16H14ClNS. The fraction of sp³-hybridized carbons (Fsp3) is 0.125. The fourth-order valence-electron chi connectivity index (χ4n) is 2.40. The van der Waals surface area contributed by atoms with Crippen LogP contribution in [0, 0.1) is 0 Å². The maximum Gasteiger partial charge on any atom is 0.0588 e. The summed E-state index contributed by atoms with van der Waals surface area (Å²) in [6, 6.07) is 16.9. The molecule has 1 atom stereocenters. The second-order valence-corrected chi connectivity index (χ2v) is 5.81. The molecule has 96 valence electrons. The molecule has 0 aliphatic carbocycles. The van der Waals surface area contributed by atoms with E-state index in [4.69, 9.17) is 11.6 Å². The molecule has 0 fully saturated rings. The zero-order valence-corrected chi connectivity index (χ0v) is 12.1. The highest BCUT2D eigenvalue weighted by Gasteiger charge is 2.15. The molecule has 0 spiro atoms. The molecule has 3 rings (SSSR count). The van der Waals surface area contributed by atoms with Gasteiger partial charge in [-0.25, -0.2) is 0 Å². The maximum absolute atomic E-state index is 5.96. The summed E-state index contributed by atoms with van der Waals surface area (Å²) in [5.74, 6) is 0. The van der Waals surface area contributed by atoms with Crippen LogP contribution >= 0.6 is 22.9 Å². The predicted octanol–water partition coefficient (Wildman–Crippen LogP) is 4.86. The number of benzene rings is 2. The topological polar surface area (TPSA) is 12.0 Å². The van der Waals surface area contributed by atoms with Crippen LogP contribution in [0.3, 0.4) is 0 Å². The van der Waals surface area contributed by atoms with Gasteiger partial charge in [-0.3, -0.25) is 0 Å². The second kappa shape index (κ2) is 5.33. The zero-order valence-electron chi connectivity index (χ0n) is 10.6. The third-order valence-electron chi connectivity index (χ3n) is 3.31. The monoisotopic (exact) mass is 287 g/mol. The first kappa shape index (κ1) is 12.7. The van der Waals surface area contributed by atoms with E-state index in [1.165, 1.54) is 21.2 Å². The van der Waals surface area contributed by atoms with E-state index in [-0.39, 0.29) is 6.04 Å². The molecule has 1 nitrogen and oxygen atoms in total. The van der Waals surface area contributed by atoms with Gasteiger partial charge in [-0.1, -0.05) is 41.9 Å². The van der Waals surface area contributed by atoms with Crippen molar-refractivity contribution in [1.29, 1.82) is 0 Å². The molecule has 1 aromatic heterocycles. The fourth-order valence-corrected chi connectivity index (χ4v) is 3.47. The summed E-state index contributed by atoms with van der Waals surface area (Å²) in [5.41, 5.74) is 2.55.